The summed E-state index contributed by atoms with van der Waals surface area (Å²) in [5, 5.41) is 3.80. The van der Waals surface area contributed by atoms with Gasteiger partial charge in [0.15, 0.2) is 0 Å². The Morgan fingerprint density at radius 3 is 2.69 bits per heavy atom. The normalized spacial score (nSPS) is 9.88. The average molecular weight is 228 g/mol. The summed E-state index contributed by atoms with van der Waals surface area (Å²) in [4.78, 5) is 10.2. The molecule has 0 aromatic carbocycles. The first-order valence-corrected chi connectivity index (χ1v) is 4.44. The number of aromatic nitrogens is 2. The monoisotopic (exact) mass is 228 g/mol. The fourth-order valence-electron chi connectivity index (χ4n) is 1.17. The molecule has 6 heteroatoms. The standard InChI is InChI=1S/C10H10F2N2O2/c1-3-5-7-8(16-10(12)15)9(11)14(13-7)6-4-2/h3-4H,1-2,5-6H2. The Morgan fingerprint density at radius 2 is 2.19 bits per heavy atom. The summed E-state index contributed by atoms with van der Waals surface area (Å²) in [6.07, 6.45) is 0.941. The van der Waals surface area contributed by atoms with Gasteiger partial charge >= 0.3 is 6.22 Å². The molecule has 86 valence electrons. The van der Waals surface area contributed by atoms with Gasteiger partial charge < -0.3 is 4.74 Å². The number of ether oxygens (including phenoxy) is 1. The SMILES string of the molecule is C=CCc1nn(CC=C)c(F)c1OC(=O)F. The number of hydrogen-bond acceptors (Lipinski definition) is 3. The molecule has 0 radical (unpaired) electrons. The molecular weight excluding hydrogens is 218 g/mol. The van der Waals surface area contributed by atoms with Crippen molar-refractivity contribution in [2.75, 3.05) is 0 Å². The van der Waals surface area contributed by atoms with Gasteiger partial charge in [-0.2, -0.15) is 9.49 Å². The van der Waals surface area contributed by atoms with Crippen LogP contribution in [-0.4, -0.2) is 16.0 Å². The highest BCUT2D eigenvalue weighted by Gasteiger charge is 2.20. The van der Waals surface area contributed by atoms with Crippen LogP contribution >= 0.6 is 0 Å². The molecule has 0 aliphatic heterocycles. The molecule has 0 bridgehead atoms. The number of nitrogens with zero attached hydrogens (tertiary/aromatic N) is 2. The maximum absolute atomic E-state index is 13.5. The predicted molar refractivity (Wildman–Crippen MR) is 53.4 cm³/mol. The van der Waals surface area contributed by atoms with E-state index in [1.54, 1.807) is 0 Å². The third kappa shape index (κ3) is 2.53. The fourth-order valence-corrected chi connectivity index (χ4v) is 1.17. The van der Waals surface area contributed by atoms with Crippen molar-refractivity contribution >= 4 is 6.22 Å². The lowest BCUT2D eigenvalue weighted by atomic mass is 10.3. The Bertz CT molecular complexity index is 427. The molecule has 0 saturated carbocycles. The van der Waals surface area contributed by atoms with Crippen LogP contribution < -0.4 is 4.74 Å². The highest BCUT2D eigenvalue weighted by atomic mass is 19.1. The summed E-state index contributed by atoms with van der Waals surface area (Å²) in [7, 11) is 0. The van der Waals surface area contributed by atoms with Crippen molar-refractivity contribution in [2.24, 2.45) is 0 Å². The molecule has 0 amide bonds. The van der Waals surface area contributed by atoms with Gasteiger partial charge in [0, 0.05) is 6.42 Å². The minimum absolute atomic E-state index is 0.0970. The van der Waals surface area contributed by atoms with Gasteiger partial charge in [0.05, 0.1) is 6.54 Å². The van der Waals surface area contributed by atoms with E-state index in [9.17, 15) is 13.6 Å². The van der Waals surface area contributed by atoms with Gasteiger partial charge in [0.1, 0.15) is 5.69 Å². The number of hydrogen-bond donors (Lipinski definition) is 0. The van der Waals surface area contributed by atoms with E-state index in [4.69, 9.17) is 0 Å². The molecule has 0 atom stereocenters. The van der Waals surface area contributed by atoms with E-state index in [2.05, 4.69) is 23.0 Å². The Labute approximate surface area is 90.8 Å². The highest BCUT2D eigenvalue weighted by Crippen LogP contribution is 2.23. The van der Waals surface area contributed by atoms with E-state index < -0.39 is 17.9 Å². The van der Waals surface area contributed by atoms with Gasteiger partial charge in [-0.05, 0) is 0 Å². The second kappa shape index (κ2) is 5.20. The fraction of sp³-hybridized carbons (Fsp3) is 0.200. The molecule has 0 saturated heterocycles. The largest absolute Gasteiger partial charge is 0.501 e. The zero-order valence-corrected chi connectivity index (χ0v) is 8.45. The van der Waals surface area contributed by atoms with Crippen LogP contribution in [0.25, 0.3) is 0 Å². The maximum Gasteiger partial charge on any atom is 0.501 e. The number of allylic oxidation sites excluding steroid dienone is 2. The van der Waals surface area contributed by atoms with E-state index in [0.29, 0.717) is 0 Å². The third-order valence-electron chi connectivity index (χ3n) is 1.74. The van der Waals surface area contributed by atoms with Crippen molar-refractivity contribution in [3.05, 3.63) is 37.0 Å². The molecule has 0 aliphatic rings. The molecule has 4 nitrogen and oxygen atoms in total. The summed E-state index contributed by atoms with van der Waals surface area (Å²) in [5.41, 5.74) is 0.111. The van der Waals surface area contributed by atoms with Gasteiger partial charge in [-0.25, -0.2) is 9.48 Å². The molecule has 0 aliphatic carbocycles. The Morgan fingerprint density at radius 1 is 1.50 bits per heavy atom. The lowest BCUT2D eigenvalue weighted by molar-refractivity contribution is 0.172. The summed E-state index contributed by atoms with van der Waals surface area (Å²) < 4.78 is 30.6. The minimum atomic E-state index is -2.08. The van der Waals surface area contributed by atoms with Gasteiger partial charge in [-0.15, -0.1) is 17.5 Å². The summed E-state index contributed by atoms with van der Waals surface area (Å²) >= 11 is 0. The van der Waals surface area contributed by atoms with E-state index in [-0.39, 0.29) is 18.7 Å². The third-order valence-corrected chi connectivity index (χ3v) is 1.74. The molecular formula is C10H10F2N2O2. The lowest BCUT2D eigenvalue weighted by Crippen LogP contribution is -2.03. The molecule has 0 spiro atoms. The Hall–Kier alpha value is -1.98. The van der Waals surface area contributed by atoms with Crippen molar-refractivity contribution < 1.29 is 18.3 Å². The molecule has 1 aromatic heterocycles. The van der Waals surface area contributed by atoms with Crippen LogP contribution in [0.2, 0.25) is 0 Å². The Balaban J connectivity index is 3.13. The van der Waals surface area contributed by atoms with Crippen molar-refractivity contribution in [1.29, 1.82) is 0 Å². The number of carbonyl (C=O) groups excluding carboxylic acids is 1. The lowest BCUT2D eigenvalue weighted by Gasteiger charge is -1.97. The van der Waals surface area contributed by atoms with Crippen molar-refractivity contribution in [1.82, 2.24) is 9.78 Å². The van der Waals surface area contributed by atoms with E-state index in [1.807, 2.05) is 0 Å². The summed E-state index contributed by atoms with van der Waals surface area (Å²) in [6.45, 7) is 6.95. The van der Waals surface area contributed by atoms with Gasteiger partial charge in [0.2, 0.25) is 5.75 Å². The first-order chi connectivity index (χ1) is 7.60. The van der Waals surface area contributed by atoms with Crippen LogP contribution in [0, 0.1) is 5.95 Å². The predicted octanol–water partition coefficient (Wildman–Crippen LogP) is 2.41. The van der Waals surface area contributed by atoms with E-state index in [0.717, 1.165) is 4.68 Å². The molecule has 0 fully saturated rings. The van der Waals surface area contributed by atoms with Gasteiger partial charge in [-0.3, -0.25) is 0 Å². The van der Waals surface area contributed by atoms with Crippen molar-refractivity contribution in [3.63, 3.8) is 0 Å². The second-order valence-corrected chi connectivity index (χ2v) is 2.87. The Kier molecular flexibility index (Phi) is 3.93. The van der Waals surface area contributed by atoms with Crippen molar-refractivity contribution in [3.8, 4) is 5.75 Å². The maximum atomic E-state index is 13.5. The summed E-state index contributed by atoms with van der Waals surface area (Å²) in [6, 6.07) is 0. The molecule has 1 rings (SSSR count). The first-order valence-electron chi connectivity index (χ1n) is 4.44. The molecule has 1 heterocycles. The minimum Gasteiger partial charge on any atom is -0.394 e. The van der Waals surface area contributed by atoms with Crippen LogP contribution in [-0.2, 0) is 13.0 Å². The molecule has 16 heavy (non-hydrogen) atoms. The molecule has 0 unspecified atom stereocenters. The molecule has 0 N–H and O–H groups in total. The smallest absolute Gasteiger partial charge is 0.394 e. The topological polar surface area (TPSA) is 44.1 Å². The van der Waals surface area contributed by atoms with E-state index >= 15 is 0 Å². The van der Waals surface area contributed by atoms with Crippen LogP contribution in [0.3, 0.4) is 0 Å². The van der Waals surface area contributed by atoms with Crippen LogP contribution in [0.15, 0.2) is 25.3 Å². The number of rotatable bonds is 5. The summed E-state index contributed by atoms with van der Waals surface area (Å²) in [5.74, 6) is -1.42. The average Bonchev–Trinajstić information content (AvgIpc) is 2.47. The second-order valence-electron chi connectivity index (χ2n) is 2.87. The van der Waals surface area contributed by atoms with Crippen LogP contribution in [0.4, 0.5) is 13.6 Å². The molecule has 1 aromatic rings. The highest BCUT2D eigenvalue weighted by molar-refractivity contribution is 5.62. The first kappa shape index (κ1) is 12.1. The van der Waals surface area contributed by atoms with Crippen molar-refractivity contribution in [2.45, 2.75) is 13.0 Å². The van der Waals surface area contributed by atoms with Crippen LogP contribution in [0.5, 0.6) is 5.75 Å². The van der Waals surface area contributed by atoms with E-state index in [1.165, 1.54) is 12.2 Å². The quantitative estimate of drug-likeness (QED) is 0.574. The zero-order valence-electron chi connectivity index (χ0n) is 8.45. The van der Waals surface area contributed by atoms with Crippen LogP contribution in [0.1, 0.15) is 5.69 Å². The zero-order chi connectivity index (χ0) is 12.1. The number of carbonyl (C=O) groups is 1. The number of halogens is 2. The van der Waals surface area contributed by atoms with Gasteiger partial charge in [0.25, 0.3) is 5.95 Å². The van der Waals surface area contributed by atoms with Gasteiger partial charge in [-0.1, -0.05) is 12.2 Å².